The molecule has 2 rings (SSSR count). The van der Waals surface area contributed by atoms with Crippen LogP contribution in [0.2, 0.25) is 0 Å². The number of aliphatic hydroxyl groups is 1. The number of ether oxygens (including phenoxy) is 2. The van der Waals surface area contributed by atoms with Gasteiger partial charge in [0.15, 0.2) is 5.79 Å². The molecule has 3 heteroatoms. The maximum atomic E-state index is 8.94. The van der Waals surface area contributed by atoms with Crippen LogP contribution in [0.3, 0.4) is 0 Å². The molecule has 0 aliphatic carbocycles. The monoisotopic (exact) mass is 194 g/mol. The summed E-state index contributed by atoms with van der Waals surface area (Å²) < 4.78 is 11.2. The molecule has 1 aromatic rings. The molecule has 14 heavy (non-hydrogen) atoms. The lowest BCUT2D eigenvalue weighted by Gasteiger charge is -2.23. The number of benzene rings is 1. The van der Waals surface area contributed by atoms with Gasteiger partial charge < -0.3 is 14.6 Å². The van der Waals surface area contributed by atoms with Gasteiger partial charge in [0.2, 0.25) is 0 Å². The summed E-state index contributed by atoms with van der Waals surface area (Å²) in [6.45, 7) is 2.32. The van der Waals surface area contributed by atoms with Gasteiger partial charge in [-0.3, -0.25) is 0 Å². The first-order valence-corrected chi connectivity index (χ1v) is 4.73. The van der Waals surface area contributed by atoms with Gasteiger partial charge in [0.25, 0.3) is 0 Å². The summed E-state index contributed by atoms with van der Waals surface area (Å²) in [4.78, 5) is 0. The topological polar surface area (TPSA) is 38.7 Å². The van der Waals surface area contributed by atoms with Gasteiger partial charge >= 0.3 is 0 Å². The largest absolute Gasteiger partial charge is 0.394 e. The average Bonchev–Trinajstić information content (AvgIpc) is 2.63. The molecule has 2 atom stereocenters. The van der Waals surface area contributed by atoms with E-state index in [2.05, 4.69) is 0 Å². The van der Waals surface area contributed by atoms with Crippen LogP contribution < -0.4 is 0 Å². The van der Waals surface area contributed by atoms with Gasteiger partial charge in [0, 0.05) is 5.56 Å². The lowest BCUT2D eigenvalue weighted by molar-refractivity contribution is -0.165. The zero-order valence-electron chi connectivity index (χ0n) is 8.14. The predicted molar refractivity (Wildman–Crippen MR) is 51.7 cm³/mol. The summed E-state index contributed by atoms with van der Waals surface area (Å²) in [5, 5.41) is 8.94. The third-order valence-electron chi connectivity index (χ3n) is 2.44. The summed E-state index contributed by atoms with van der Waals surface area (Å²) >= 11 is 0. The lowest BCUT2D eigenvalue weighted by atomic mass is 10.1. The van der Waals surface area contributed by atoms with Crippen molar-refractivity contribution in [1.29, 1.82) is 0 Å². The number of aliphatic hydroxyl groups excluding tert-OH is 1. The van der Waals surface area contributed by atoms with E-state index >= 15 is 0 Å². The van der Waals surface area contributed by atoms with Gasteiger partial charge in [-0.25, -0.2) is 0 Å². The second-order valence-electron chi connectivity index (χ2n) is 3.55. The Kier molecular flexibility index (Phi) is 2.54. The highest BCUT2D eigenvalue weighted by Gasteiger charge is 2.38. The van der Waals surface area contributed by atoms with Crippen LogP contribution in [0.4, 0.5) is 0 Å². The normalized spacial score (nSPS) is 32.0. The Morgan fingerprint density at radius 3 is 2.71 bits per heavy atom. The summed E-state index contributed by atoms with van der Waals surface area (Å²) in [5.41, 5.74) is 0.982. The van der Waals surface area contributed by atoms with E-state index in [4.69, 9.17) is 14.6 Å². The van der Waals surface area contributed by atoms with Gasteiger partial charge in [-0.2, -0.15) is 0 Å². The molecule has 0 amide bonds. The van der Waals surface area contributed by atoms with Crippen molar-refractivity contribution in [2.24, 2.45) is 0 Å². The Morgan fingerprint density at radius 2 is 2.14 bits per heavy atom. The highest BCUT2D eigenvalue weighted by Crippen LogP contribution is 2.33. The van der Waals surface area contributed by atoms with E-state index < -0.39 is 5.79 Å². The van der Waals surface area contributed by atoms with Crippen LogP contribution >= 0.6 is 0 Å². The quantitative estimate of drug-likeness (QED) is 0.770. The number of rotatable bonds is 2. The molecule has 0 bridgehead atoms. The summed E-state index contributed by atoms with van der Waals surface area (Å²) in [5.74, 6) is -0.700. The van der Waals surface area contributed by atoms with Gasteiger partial charge in [-0.05, 0) is 6.92 Å². The van der Waals surface area contributed by atoms with Crippen molar-refractivity contribution in [2.45, 2.75) is 18.8 Å². The molecule has 1 N–H and O–H groups in total. The molecule has 0 saturated carbocycles. The molecule has 0 spiro atoms. The van der Waals surface area contributed by atoms with E-state index in [1.165, 1.54) is 0 Å². The van der Waals surface area contributed by atoms with Crippen LogP contribution in [0.5, 0.6) is 0 Å². The molecular weight excluding hydrogens is 180 g/mol. The van der Waals surface area contributed by atoms with Crippen LogP contribution in [-0.4, -0.2) is 24.4 Å². The second kappa shape index (κ2) is 3.69. The highest BCUT2D eigenvalue weighted by atomic mass is 16.7. The standard InChI is InChI=1S/C11H14O3/c1-11(9-5-3-2-4-6-9)13-8-10(7-12)14-11/h2-6,10,12H,7-8H2,1H3. The van der Waals surface area contributed by atoms with Crippen LogP contribution in [0, 0.1) is 0 Å². The molecule has 0 aromatic heterocycles. The number of hydrogen-bond acceptors (Lipinski definition) is 3. The van der Waals surface area contributed by atoms with Gasteiger partial charge in [0.05, 0.1) is 13.2 Å². The lowest BCUT2D eigenvalue weighted by Crippen LogP contribution is -2.24. The van der Waals surface area contributed by atoms with Crippen LogP contribution in [0.25, 0.3) is 0 Å². The highest BCUT2D eigenvalue weighted by molar-refractivity contribution is 5.20. The fourth-order valence-electron chi connectivity index (χ4n) is 1.62. The predicted octanol–water partition coefficient (Wildman–Crippen LogP) is 1.27. The molecule has 0 radical (unpaired) electrons. The molecule has 76 valence electrons. The Hall–Kier alpha value is -0.900. The average molecular weight is 194 g/mol. The summed E-state index contributed by atoms with van der Waals surface area (Å²) in [6.07, 6.45) is -0.208. The van der Waals surface area contributed by atoms with E-state index in [1.54, 1.807) is 0 Å². The molecule has 2 unspecified atom stereocenters. The molecule has 1 aromatic carbocycles. The maximum absolute atomic E-state index is 8.94. The van der Waals surface area contributed by atoms with Crippen LogP contribution in [0.1, 0.15) is 12.5 Å². The van der Waals surface area contributed by atoms with E-state index in [0.29, 0.717) is 6.61 Å². The van der Waals surface area contributed by atoms with Crippen molar-refractivity contribution in [3.8, 4) is 0 Å². The van der Waals surface area contributed by atoms with Crippen molar-refractivity contribution in [3.63, 3.8) is 0 Å². The molecule has 1 heterocycles. The van der Waals surface area contributed by atoms with E-state index in [-0.39, 0.29) is 12.7 Å². The molecule has 1 aliphatic rings. The first-order valence-electron chi connectivity index (χ1n) is 4.73. The van der Waals surface area contributed by atoms with Crippen molar-refractivity contribution < 1.29 is 14.6 Å². The van der Waals surface area contributed by atoms with Crippen molar-refractivity contribution >= 4 is 0 Å². The Bertz CT molecular complexity index is 299. The third-order valence-corrected chi connectivity index (χ3v) is 2.44. The maximum Gasteiger partial charge on any atom is 0.192 e. The zero-order chi connectivity index (χ0) is 10.0. The molecular formula is C11H14O3. The third kappa shape index (κ3) is 1.66. The fraction of sp³-hybridized carbons (Fsp3) is 0.455. The van der Waals surface area contributed by atoms with E-state index in [1.807, 2.05) is 37.3 Å². The SMILES string of the molecule is CC1(c2ccccc2)OCC(CO)O1. The molecule has 3 nitrogen and oxygen atoms in total. The minimum atomic E-state index is -0.700. The van der Waals surface area contributed by atoms with Gasteiger partial charge in [0.1, 0.15) is 6.10 Å². The van der Waals surface area contributed by atoms with E-state index in [0.717, 1.165) is 5.56 Å². The zero-order valence-corrected chi connectivity index (χ0v) is 8.14. The minimum absolute atomic E-state index is 0.00240. The summed E-state index contributed by atoms with van der Waals surface area (Å²) in [7, 11) is 0. The smallest absolute Gasteiger partial charge is 0.192 e. The summed E-state index contributed by atoms with van der Waals surface area (Å²) in [6, 6.07) is 9.75. The van der Waals surface area contributed by atoms with Crippen molar-refractivity contribution in [3.05, 3.63) is 35.9 Å². The van der Waals surface area contributed by atoms with Crippen LogP contribution in [0.15, 0.2) is 30.3 Å². The second-order valence-corrected chi connectivity index (χ2v) is 3.55. The number of hydrogen-bond donors (Lipinski definition) is 1. The van der Waals surface area contributed by atoms with Gasteiger partial charge in [-0.1, -0.05) is 30.3 Å². The Balaban J connectivity index is 2.19. The minimum Gasteiger partial charge on any atom is -0.394 e. The van der Waals surface area contributed by atoms with Crippen LogP contribution in [-0.2, 0) is 15.3 Å². The van der Waals surface area contributed by atoms with Crippen molar-refractivity contribution in [1.82, 2.24) is 0 Å². The van der Waals surface area contributed by atoms with Gasteiger partial charge in [-0.15, -0.1) is 0 Å². The molecule has 1 fully saturated rings. The molecule has 1 aliphatic heterocycles. The van der Waals surface area contributed by atoms with Crippen molar-refractivity contribution in [2.75, 3.05) is 13.2 Å². The first kappa shape index (κ1) is 9.65. The Morgan fingerprint density at radius 1 is 1.43 bits per heavy atom. The first-order chi connectivity index (χ1) is 6.74. The fourth-order valence-corrected chi connectivity index (χ4v) is 1.62. The Labute approximate surface area is 83.3 Å². The molecule has 1 saturated heterocycles. The van der Waals surface area contributed by atoms with E-state index in [9.17, 15) is 0 Å².